The van der Waals surface area contributed by atoms with Gasteiger partial charge in [-0.15, -0.1) is 0 Å². The molecule has 1 aliphatic carbocycles. The summed E-state index contributed by atoms with van der Waals surface area (Å²) in [4.78, 5) is 14.8. The Labute approximate surface area is 144 Å². The van der Waals surface area contributed by atoms with Crippen LogP contribution in [-0.2, 0) is 0 Å². The van der Waals surface area contributed by atoms with Crippen LogP contribution in [0.1, 0.15) is 62.2 Å². The maximum absolute atomic E-state index is 12.9. The second-order valence-corrected chi connectivity index (χ2v) is 7.34. The minimum Gasteiger partial charge on any atom is -0.490 e. The van der Waals surface area contributed by atoms with Crippen LogP contribution in [0.4, 0.5) is 0 Å². The minimum atomic E-state index is 0.0507. The van der Waals surface area contributed by atoms with Crippen molar-refractivity contribution in [2.45, 2.75) is 64.0 Å². The lowest BCUT2D eigenvalue weighted by molar-refractivity contribution is 0.0488. The van der Waals surface area contributed by atoms with Crippen LogP contribution in [0, 0.1) is 5.92 Å². The Balaban J connectivity index is 1.69. The summed E-state index contributed by atoms with van der Waals surface area (Å²) in [6.07, 6.45) is 8.23. The zero-order chi connectivity index (χ0) is 16.9. The van der Waals surface area contributed by atoms with Gasteiger partial charge in [-0.3, -0.25) is 4.79 Å². The highest BCUT2D eigenvalue weighted by atomic mass is 16.5. The van der Waals surface area contributed by atoms with Crippen molar-refractivity contribution in [1.82, 2.24) is 4.90 Å². The number of amides is 1. The molecule has 1 saturated heterocycles. The second-order valence-electron chi connectivity index (χ2n) is 7.34. The van der Waals surface area contributed by atoms with E-state index >= 15 is 0 Å². The normalized spacial score (nSPS) is 25.5. The van der Waals surface area contributed by atoms with E-state index in [1.165, 1.54) is 19.3 Å². The predicted octanol–water partition coefficient (Wildman–Crippen LogP) is 3.63. The molecule has 1 heterocycles. The first kappa shape index (κ1) is 17.3. The molecule has 2 unspecified atom stereocenters. The summed E-state index contributed by atoms with van der Waals surface area (Å²) >= 11 is 0. The van der Waals surface area contributed by atoms with Crippen molar-refractivity contribution >= 4 is 5.91 Å². The lowest BCUT2D eigenvalue weighted by atomic mass is 9.93. The standard InChI is InChI=1S/C20H29NO3/c1-15-10-11-16(14-22)13-21(15)20(23)17-6-5-9-19(12-17)24-18-7-3-2-4-8-18/h5-6,9,12,15-16,18,22H,2-4,7-8,10-11,13-14H2,1H3. The molecule has 1 amide bonds. The Morgan fingerprint density at radius 1 is 1.21 bits per heavy atom. The van der Waals surface area contributed by atoms with Gasteiger partial charge in [-0.1, -0.05) is 12.5 Å². The number of hydrogen-bond donors (Lipinski definition) is 1. The number of aliphatic hydroxyl groups excluding tert-OH is 1. The molecule has 1 N–H and O–H groups in total. The van der Waals surface area contributed by atoms with Gasteiger partial charge in [0, 0.05) is 24.8 Å². The number of nitrogens with zero attached hydrogens (tertiary/aromatic N) is 1. The van der Waals surface area contributed by atoms with Crippen LogP contribution < -0.4 is 4.74 Å². The van der Waals surface area contributed by atoms with E-state index in [1.807, 2.05) is 29.2 Å². The van der Waals surface area contributed by atoms with E-state index in [-0.39, 0.29) is 30.6 Å². The van der Waals surface area contributed by atoms with Crippen molar-refractivity contribution in [3.8, 4) is 5.75 Å². The van der Waals surface area contributed by atoms with E-state index in [1.54, 1.807) is 0 Å². The number of piperidine rings is 1. The van der Waals surface area contributed by atoms with Crippen LogP contribution in [-0.4, -0.2) is 41.2 Å². The number of carbonyl (C=O) groups excluding carboxylic acids is 1. The monoisotopic (exact) mass is 331 g/mol. The molecule has 0 spiro atoms. The van der Waals surface area contributed by atoms with Gasteiger partial charge in [0.15, 0.2) is 0 Å². The van der Waals surface area contributed by atoms with Crippen LogP contribution in [0.15, 0.2) is 24.3 Å². The first-order valence-electron chi connectivity index (χ1n) is 9.36. The Hall–Kier alpha value is -1.55. The average molecular weight is 331 g/mol. The van der Waals surface area contributed by atoms with Crippen LogP contribution in [0.2, 0.25) is 0 Å². The van der Waals surface area contributed by atoms with Crippen LogP contribution in [0.25, 0.3) is 0 Å². The molecule has 24 heavy (non-hydrogen) atoms. The maximum Gasteiger partial charge on any atom is 0.254 e. The molecule has 1 aromatic rings. The third kappa shape index (κ3) is 4.10. The smallest absolute Gasteiger partial charge is 0.254 e. The number of carbonyl (C=O) groups is 1. The SMILES string of the molecule is CC1CCC(CO)CN1C(=O)c1cccc(OC2CCCCC2)c1. The minimum absolute atomic E-state index is 0.0507. The summed E-state index contributed by atoms with van der Waals surface area (Å²) in [5.74, 6) is 1.05. The quantitative estimate of drug-likeness (QED) is 0.916. The molecule has 0 aromatic heterocycles. The van der Waals surface area contributed by atoms with Gasteiger partial charge in [0.05, 0.1) is 6.10 Å². The average Bonchev–Trinajstić information content (AvgIpc) is 2.63. The van der Waals surface area contributed by atoms with E-state index in [4.69, 9.17) is 4.74 Å². The fourth-order valence-electron chi connectivity index (χ4n) is 3.86. The largest absolute Gasteiger partial charge is 0.490 e. The molecule has 3 rings (SSSR count). The van der Waals surface area contributed by atoms with Gasteiger partial charge in [-0.25, -0.2) is 0 Å². The number of benzene rings is 1. The van der Waals surface area contributed by atoms with E-state index in [0.717, 1.165) is 31.4 Å². The number of aliphatic hydroxyl groups is 1. The third-order valence-corrected chi connectivity index (χ3v) is 5.43. The first-order valence-corrected chi connectivity index (χ1v) is 9.36. The summed E-state index contributed by atoms with van der Waals surface area (Å²) in [5, 5.41) is 9.42. The molecular weight excluding hydrogens is 302 g/mol. The van der Waals surface area contributed by atoms with E-state index in [0.29, 0.717) is 12.1 Å². The summed E-state index contributed by atoms with van der Waals surface area (Å²) in [7, 11) is 0. The molecule has 0 radical (unpaired) electrons. The van der Waals surface area contributed by atoms with Gasteiger partial charge >= 0.3 is 0 Å². The van der Waals surface area contributed by atoms with Gasteiger partial charge in [-0.05, 0) is 69.6 Å². The van der Waals surface area contributed by atoms with Crippen molar-refractivity contribution in [2.24, 2.45) is 5.92 Å². The fraction of sp³-hybridized carbons (Fsp3) is 0.650. The highest BCUT2D eigenvalue weighted by molar-refractivity contribution is 5.94. The molecule has 0 bridgehead atoms. The molecule has 2 fully saturated rings. The molecule has 132 valence electrons. The summed E-state index contributed by atoms with van der Waals surface area (Å²) in [6, 6.07) is 7.83. The Morgan fingerprint density at radius 2 is 2.00 bits per heavy atom. The highest BCUT2D eigenvalue weighted by Crippen LogP contribution is 2.26. The van der Waals surface area contributed by atoms with Crippen LogP contribution in [0.3, 0.4) is 0 Å². The van der Waals surface area contributed by atoms with Gasteiger partial charge in [0.2, 0.25) is 0 Å². The lowest BCUT2D eigenvalue weighted by Crippen LogP contribution is -2.46. The molecule has 4 nitrogen and oxygen atoms in total. The first-order chi connectivity index (χ1) is 11.7. The van der Waals surface area contributed by atoms with Crippen LogP contribution >= 0.6 is 0 Å². The van der Waals surface area contributed by atoms with Crippen molar-refractivity contribution in [3.05, 3.63) is 29.8 Å². The zero-order valence-corrected chi connectivity index (χ0v) is 14.6. The summed E-state index contributed by atoms with van der Waals surface area (Å²) < 4.78 is 6.09. The van der Waals surface area contributed by atoms with Gasteiger partial charge in [-0.2, -0.15) is 0 Å². The molecule has 1 aliphatic heterocycles. The van der Waals surface area contributed by atoms with E-state index < -0.39 is 0 Å². The van der Waals surface area contributed by atoms with E-state index in [2.05, 4.69) is 6.92 Å². The predicted molar refractivity (Wildman–Crippen MR) is 94.3 cm³/mol. The number of ether oxygens (including phenoxy) is 1. The molecular formula is C20H29NO3. The number of hydrogen-bond acceptors (Lipinski definition) is 3. The molecule has 2 atom stereocenters. The van der Waals surface area contributed by atoms with Gasteiger partial charge in [0.25, 0.3) is 5.91 Å². The van der Waals surface area contributed by atoms with Crippen molar-refractivity contribution in [2.75, 3.05) is 13.2 Å². The lowest BCUT2D eigenvalue weighted by Gasteiger charge is -2.37. The highest BCUT2D eigenvalue weighted by Gasteiger charge is 2.29. The fourth-order valence-corrected chi connectivity index (χ4v) is 3.86. The number of likely N-dealkylation sites (tertiary alicyclic amines) is 1. The van der Waals surface area contributed by atoms with E-state index in [9.17, 15) is 9.90 Å². The topological polar surface area (TPSA) is 49.8 Å². The summed E-state index contributed by atoms with van der Waals surface area (Å²) in [5.41, 5.74) is 0.689. The van der Waals surface area contributed by atoms with Crippen molar-refractivity contribution in [1.29, 1.82) is 0 Å². The summed E-state index contributed by atoms with van der Waals surface area (Å²) in [6.45, 7) is 2.89. The Bertz CT molecular complexity index is 554. The molecule has 2 aliphatic rings. The molecule has 4 heteroatoms. The van der Waals surface area contributed by atoms with Gasteiger partial charge < -0.3 is 14.7 Å². The van der Waals surface area contributed by atoms with Crippen LogP contribution in [0.5, 0.6) is 5.75 Å². The maximum atomic E-state index is 12.9. The number of rotatable bonds is 4. The zero-order valence-electron chi connectivity index (χ0n) is 14.6. The Morgan fingerprint density at radius 3 is 2.75 bits per heavy atom. The van der Waals surface area contributed by atoms with Crippen molar-refractivity contribution < 1.29 is 14.6 Å². The van der Waals surface area contributed by atoms with Crippen molar-refractivity contribution in [3.63, 3.8) is 0 Å². The van der Waals surface area contributed by atoms with Gasteiger partial charge in [0.1, 0.15) is 5.75 Å². The third-order valence-electron chi connectivity index (χ3n) is 5.43. The molecule has 1 aromatic carbocycles. The Kier molecular flexibility index (Phi) is 5.77. The molecule has 1 saturated carbocycles. The second kappa shape index (κ2) is 8.02.